The van der Waals surface area contributed by atoms with Crippen molar-refractivity contribution in [3.8, 4) is 11.4 Å². The average molecular weight is 355 g/mol. The van der Waals surface area contributed by atoms with Gasteiger partial charge < -0.3 is 4.90 Å². The maximum atomic E-state index is 5.02. The molecule has 0 amide bonds. The molecule has 0 spiro atoms. The van der Waals surface area contributed by atoms with Crippen molar-refractivity contribution < 1.29 is 0 Å². The monoisotopic (exact) mass is 354 g/mol. The molecule has 1 atom stereocenters. The molecule has 0 aromatic carbocycles. The Morgan fingerprint density at radius 1 is 1.00 bits per heavy atom. The van der Waals surface area contributed by atoms with Gasteiger partial charge in [-0.3, -0.25) is 9.88 Å². The van der Waals surface area contributed by atoms with E-state index in [1.807, 2.05) is 24.5 Å². The quantitative estimate of drug-likeness (QED) is 0.844. The van der Waals surface area contributed by atoms with Gasteiger partial charge in [-0.25, -0.2) is 9.67 Å². The van der Waals surface area contributed by atoms with Crippen LogP contribution in [0, 0.1) is 0 Å². The molecule has 26 heavy (non-hydrogen) atoms. The van der Waals surface area contributed by atoms with Gasteiger partial charge in [-0.05, 0) is 38.9 Å². The molecule has 2 aromatic heterocycles. The minimum atomic E-state index is 0.300. The average Bonchev–Trinajstić information content (AvgIpc) is 3.15. The molecule has 0 bridgehead atoms. The highest BCUT2D eigenvalue weighted by atomic mass is 15.4. The van der Waals surface area contributed by atoms with Gasteiger partial charge in [0.1, 0.15) is 5.82 Å². The zero-order valence-electron chi connectivity index (χ0n) is 16.0. The van der Waals surface area contributed by atoms with Crippen molar-refractivity contribution in [2.75, 3.05) is 33.2 Å². The summed E-state index contributed by atoms with van der Waals surface area (Å²) >= 11 is 0. The SMILES string of the molecule is C[C@@H](c1nc(-c2ccncc2)nn1C1CCCCC1)N1CCN(C)CC1. The predicted octanol–water partition coefficient (Wildman–Crippen LogP) is 3.15. The maximum Gasteiger partial charge on any atom is 0.181 e. The predicted molar refractivity (Wildman–Crippen MR) is 103 cm³/mol. The fraction of sp³-hybridized carbons (Fsp3) is 0.650. The summed E-state index contributed by atoms with van der Waals surface area (Å²) in [6, 6.07) is 4.81. The topological polar surface area (TPSA) is 50.1 Å². The second-order valence-electron chi connectivity index (χ2n) is 7.78. The third kappa shape index (κ3) is 3.67. The van der Waals surface area contributed by atoms with E-state index in [0.717, 1.165) is 43.4 Å². The normalized spacial score (nSPS) is 21.8. The van der Waals surface area contributed by atoms with Crippen molar-refractivity contribution in [1.29, 1.82) is 0 Å². The Hall–Kier alpha value is -1.79. The van der Waals surface area contributed by atoms with Gasteiger partial charge >= 0.3 is 0 Å². The van der Waals surface area contributed by atoms with E-state index < -0.39 is 0 Å². The molecule has 2 aromatic rings. The van der Waals surface area contributed by atoms with Gasteiger partial charge in [0.2, 0.25) is 0 Å². The molecule has 2 fully saturated rings. The van der Waals surface area contributed by atoms with Crippen LogP contribution in [-0.4, -0.2) is 62.8 Å². The van der Waals surface area contributed by atoms with Crippen LogP contribution in [0.5, 0.6) is 0 Å². The van der Waals surface area contributed by atoms with Crippen LogP contribution in [0.2, 0.25) is 0 Å². The van der Waals surface area contributed by atoms with E-state index in [9.17, 15) is 0 Å². The van der Waals surface area contributed by atoms with Crippen molar-refractivity contribution >= 4 is 0 Å². The summed E-state index contributed by atoms with van der Waals surface area (Å²) in [5, 5.41) is 4.98. The lowest BCUT2D eigenvalue weighted by Gasteiger charge is -2.36. The Labute approximate surface area is 156 Å². The minimum Gasteiger partial charge on any atom is -0.304 e. The Morgan fingerprint density at radius 3 is 2.38 bits per heavy atom. The lowest BCUT2D eigenvalue weighted by Crippen LogP contribution is -2.45. The van der Waals surface area contributed by atoms with Crippen LogP contribution in [-0.2, 0) is 0 Å². The van der Waals surface area contributed by atoms with E-state index in [2.05, 4.69) is 33.4 Å². The van der Waals surface area contributed by atoms with Crippen molar-refractivity contribution in [3.05, 3.63) is 30.4 Å². The standard InChI is InChI=1S/C20H30N6/c1-16(25-14-12-24(2)13-15-25)20-22-19(17-8-10-21-11-9-17)23-26(20)18-6-4-3-5-7-18/h8-11,16,18H,3-7,12-15H2,1-2H3/t16-/m0/s1. The van der Waals surface area contributed by atoms with E-state index in [1.165, 1.54) is 32.1 Å². The van der Waals surface area contributed by atoms with Gasteiger partial charge in [0.05, 0.1) is 12.1 Å². The Morgan fingerprint density at radius 2 is 1.69 bits per heavy atom. The molecule has 1 aliphatic heterocycles. The molecule has 140 valence electrons. The molecule has 1 aliphatic carbocycles. The molecule has 1 saturated carbocycles. The van der Waals surface area contributed by atoms with E-state index in [-0.39, 0.29) is 0 Å². The molecule has 1 saturated heterocycles. The first-order valence-corrected chi connectivity index (χ1v) is 10.0. The van der Waals surface area contributed by atoms with Gasteiger partial charge in [0.25, 0.3) is 0 Å². The van der Waals surface area contributed by atoms with E-state index >= 15 is 0 Å². The summed E-state index contributed by atoms with van der Waals surface area (Å²) in [5.74, 6) is 1.97. The van der Waals surface area contributed by atoms with Crippen LogP contribution >= 0.6 is 0 Å². The summed E-state index contributed by atoms with van der Waals surface area (Å²) < 4.78 is 2.26. The third-order valence-corrected chi connectivity index (χ3v) is 5.98. The number of nitrogens with zero attached hydrogens (tertiary/aromatic N) is 6. The van der Waals surface area contributed by atoms with Crippen LogP contribution < -0.4 is 0 Å². The first-order valence-electron chi connectivity index (χ1n) is 10.0. The van der Waals surface area contributed by atoms with Gasteiger partial charge in [-0.1, -0.05) is 19.3 Å². The van der Waals surface area contributed by atoms with Gasteiger partial charge in [0.15, 0.2) is 5.82 Å². The maximum absolute atomic E-state index is 5.02. The molecule has 0 unspecified atom stereocenters. The summed E-state index contributed by atoms with van der Waals surface area (Å²) in [5.41, 5.74) is 1.06. The first-order chi connectivity index (χ1) is 12.7. The van der Waals surface area contributed by atoms with Crippen LogP contribution in [0.1, 0.15) is 56.9 Å². The summed E-state index contributed by atoms with van der Waals surface area (Å²) in [7, 11) is 2.20. The fourth-order valence-corrected chi connectivity index (χ4v) is 4.21. The van der Waals surface area contributed by atoms with E-state index in [0.29, 0.717) is 12.1 Å². The number of pyridine rings is 1. The zero-order valence-corrected chi connectivity index (χ0v) is 16.0. The Kier molecular flexibility index (Phi) is 5.31. The number of hydrogen-bond donors (Lipinski definition) is 0. The van der Waals surface area contributed by atoms with Crippen LogP contribution in [0.4, 0.5) is 0 Å². The molecular formula is C20H30N6. The van der Waals surface area contributed by atoms with Gasteiger partial charge in [-0.2, -0.15) is 5.10 Å². The molecule has 0 radical (unpaired) electrons. The highest BCUT2D eigenvalue weighted by Gasteiger charge is 2.28. The van der Waals surface area contributed by atoms with E-state index in [1.54, 1.807) is 0 Å². The van der Waals surface area contributed by atoms with Crippen LogP contribution in [0.25, 0.3) is 11.4 Å². The van der Waals surface area contributed by atoms with E-state index in [4.69, 9.17) is 10.1 Å². The second kappa shape index (κ2) is 7.84. The molecule has 6 heteroatoms. The number of likely N-dealkylation sites (N-methyl/N-ethyl adjacent to an activating group) is 1. The Bertz CT molecular complexity index is 698. The number of aromatic nitrogens is 4. The second-order valence-corrected chi connectivity index (χ2v) is 7.78. The lowest BCUT2D eigenvalue weighted by atomic mass is 9.95. The largest absolute Gasteiger partial charge is 0.304 e. The highest BCUT2D eigenvalue weighted by molar-refractivity contribution is 5.53. The summed E-state index contributed by atoms with van der Waals surface area (Å²) in [6.07, 6.45) is 10.0. The summed E-state index contributed by atoms with van der Waals surface area (Å²) in [4.78, 5) is 14.1. The fourth-order valence-electron chi connectivity index (χ4n) is 4.21. The lowest BCUT2D eigenvalue weighted by molar-refractivity contribution is 0.111. The molecule has 0 N–H and O–H groups in total. The van der Waals surface area contributed by atoms with Crippen molar-refractivity contribution in [2.45, 2.75) is 51.1 Å². The molecule has 2 aliphatic rings. The van der Waals surface area contributed by atoms with Crippen molar-refractivity contribution in [2.24, 2.45) is 0 Å². The van der Waals surface area contributed by atoms with Crippen LogP contribution in [0.15, 0.2) is 24.5 Å². The summed E-state index contributed by atoms with van der Waals surface area (Å²) in [6.45, 7) is 6.74. The first kappa shape index (κ1) is 17.6. The highest BCUT2D eigenvalue weighted by Crippen LogP contribution is 2.32. The molecular weight excluding hydrogens is 324 g/mol. The molecule has 4 rings (SSSR count). The van der Waals surface area contributed by atoms with Crippen molar-refractivity contribution in [1.82, 2.24) is 29.5 Å². The minimum absolute atomic E-state index is 0.300. The van der Waals surface area contributed by atoms with Crippen molar-refractivity contribution in [3.63, 3.8) is 0 Å². The third-order valence-electron chi connectivity index (χ3n) is 5.98. The number of hydrogen-bond acceptors (Lipinski definition) is 5. The number of rotatable bonds is 4. The van der Waals surface area contributed by atoms with Crippen LogP contribution in [0.3, 0.4) is 0 Å². The zero-order chi connectivity index (χ0) is 17.9. The molecule has 6 nitrogen and oxygen atoms in total. The van der Waals surface area contributed by atoms with Gasteiger partial charge in [0, 0.05) is 44.1 Å². The smallest absolute Gasteiger partial charge is 0.181 e. The molecule has 3 heterocycles. The Balaban J connectivity index is 1.65. The number of piperazine rings is 1. The van der Waals surface area contributed by atoms with Gasteiger partial charge in [-0.15, -0.1) is 0 Å².